The lowest BCUT2D eigenvalue weighted by atomic mass is 10.1. The second-order valence-electron chi connectivity index (χ2n) is 6.39. The van der Waals surface area contributed by atoms with E-state index in [1.54, 1.807) is 24.3 Å². The highest BCUT2D eigenvalue weighted by Crippen LogP contribution is 2.33. The molecule has 1 N–H and O–H groups in total. The smallest absolute Gasteiger partial charge is 0.263 e. The molecule has 0 atom stereocenters. The van der Waals surface area contributed by atoms with Crippen molar-refractivity contribution in [1.29, 1.82) is 0 Å². The molecule has 0 saturated carbocycles. The van der Waals surface area contributed by atoms with Crippen LogP contribution in [-0.2, 0) is 13.2 Å². The molecule has 8 heteroatoms. The summed E-state index contributed by atoms with van der Waals surface area (Å²) in [5.41, 5.74) is 1.56. The van der Waals surface area contributed by atoms with E-state index < -0.39 is 0 Å². The molecule has 1 amide bonds. The van der Waals surface area contributed by atoms with E-state index in [1.807, 2.05) is 25.1 Å². The molecule has 0 radical (unpaired) electrons. The third kappa shape index (κ3) is 4.63. The Bertz CT molecular complexity index is 1020. The van der Waals surface area contributed by atoms with Crippen LogP contribution in [0.25, 0.3) is 0 Å². The molecule has 0 spiro atoms. The first-order chi connectivity index (χ1) is 14.1. The van der Waals surface area contributed by atoms with Gasteiger partial charge in [0.15, 0.2) is 11.5 Å². The Balaban J connectivity index is 1.38. The summed E-state index contributed by atoms with van der Waals surface area (Å²) in [6.07, 6.45) is 0. The molecule has 2 heterocycles. The number of thiazole rings is 1. The van der Waals surface area contributed by atoms with Crippen molar-refractivity contribution in [3.8, 4) is 17.2 Å². The summed E-state index contributed by atoms with van der Waals surface area (Å²) in [7, 11) is 0. The van der Waals surface area contributed by atoms with Gasteiger partial charge >= 0.3 is 0 Å². The lowest BCUT2D eigenvalue weighted by Crippen LogP contribution is -2.24. The first-order valence-corrected chi connectivity index (χ1v) is 10.3. The van der Waals surface area contributed by atoms with Crippen LogP contribution in [0.1, 0.15) is 25.9 Å². The first kappa shape index (κ1) is 19.5. The number of aromatic nitrogens is 1. The predicted molar refractivity (Wildman–Crippen MR) is 111 cm³/mol. The molecule has 0 saturated heterocycles. The fraction of sp³-hybridized carbons (Fsp3) is 0.238. The highest BCUT2D eigenvalue weighted by atomic mass is 35.5. The minimum Gasteiger partial charge on any atom is -0.486 e. The maximum atomic E-state index is 12.7. The SMILES string of the molecule is Cc1nc(COc2ccc(Cl)cc2)sc1C(=O)NCc1cccc2c1OCCO2. The number of carbonyl (C=O) groups excluding carboxylic acids is 1. The van der Waals surface area contributed by atoms with Crippen LogP contribution < -0.4 is 19.5 Å². The van der Waals surface area contributed by atoms with Gasteiger partial charge in [-0.2, -0.15) is 0 Å². The molecule has 0 unspecified atom stereocenters. The second-order valence-corrected chi connectivity index (χ2v) is 7.91. The first-order valence-electron chi connectivity index (χ1n) is 9.10. The molecule has 0 fully saturated rings. The van der Waals surface area contributed by atoms with Crippen LogP contribution >= 0.6 is 22.9 Å². The standard InChI is InChI=1S/C21H19ClN2O4S/c1-13-20(29-18(24-13)12-28-16-7-5-15(22)6-8-16)21(25)23-11-14-3-2-4-17-19(14)27-10-9-26-17/h2-8H,9-12H2,1H3,(H,23,25). The summed E-state index contributed by atoms with van der Waals surface area (Å²) in [4.78, 5) is 17.7. The Kier molecular flexibility index (Phi) is 5.87. The topological polar surface area (TPSA) is 69.7 Å². The fourth-order valence-corrected chi connectivity index (χ4v) is 3.95. The van der Waals surface area contributed by atoms with Gasteiger partial charge in [0.05, 0.1) is 5.69 Å². The summed E-state index contributed by atoms with van der Waals surface area (Å²) in [5, 5.41) is 4.32. The van der Waals surface area contributed by atoms with Crippen LogP contribution in [0.4, 0.5) is 0 Å². The number of amides is 1. The van der Waals surface area contributed by atoms with Gasteiger partial charge in [0.25, 0.3) is 5.91 Å². The number of nitrogens with one attached hydrogen (secondary N) is 1. The van der Waals surface area contributed by atoms with Crippen molar-refractivity contribution < 1.29 is 19.0 Å². The average Bonchev–Trinajstić information content (AvgIpc) is 3.12. The number of aryl methyl sites for hydroxylation is 1. The molecule has 3 aromatic rings. The number of halogens is 1. The van der Waals surface area contributed by atoms with Gasteiger partial charge < -0.3 is 19.5 Å². The highest BCUT2D eigenvalue weighted by Gasteiger charge is 2.19. The highest BCUT2D eigenvalue weighted by molar-refractivity contribution is 7.13. The Morgan fingerprint density at radius 2 is 2.00 bits per heavy atom. The van der Waals surface area contributed by atoms with E-state index in [9.17, 15) is 4.79 Å². The van der Waals surface area contributed by atoms with E-state index >= 15 is 0 Å². The Hall–Kier alpha value is -2.77. The number of ether oxygens (including phenoxy) is 3. The van der Waals surface area contributed by atoms with Gasteiger partial charge in [0.1, 0.15) is 35.5 Å². The zero-order valence-electron chi connectivity index (χ0n) is 15.7. The molecule has 0 aliphatic carbocycles. The van der Waals surface area contributed by atoms with Crippen LogP contribution in [-0.4, -0.2) is 24.1 Å². The molecule has 0 bridgehead atoms. The summed E-state index contributed by atoms with van der Waals surface area (Å²) < 4.78 is 17.0. The van der Waals surface area contributed by atoms with Gasteiger partial charge in [-0.05, 0) is 37.3 Å². The van der Waals surface area contributed by atoms with E-state index in [4.69, 9.17) is 25.8 Å². The number of rotatable bonds is 6. The molecule has 150 valence electrons. The molecule has 4 rings (SSSR count). The van der Waals surface area contributed by atoms with Gasteiger partial charge in [0, 0.05) is 17.1 Å². The van der Waals surface area contributed by atoms with Crippen molar-refractivity contribution >= 4 is 28.8 Å². The summed E-state index contributed by atoms with van der Waals surface area (Å²) in [6.45, 7) is 3.49. The van der Waals surface area contributed by atoms with Gasteiger partial charge in [-0.25, -0.2) is 4.98 Å². The fourth-order valence-electron chi connectivity index (χ4n) is 2.93. The van der Waals surface area contributed by atoms with Crippen molar-refractivity contribution in [2.45, 2.75) is 20.1 Å². The normalized spacial score (nSPS) is 12.5. The average molecular weight is 431 g/mol. The third-order valence-electron chi connectivity index (χ3n) is 4.31. The maximum absolute atomic E-state index is 12.7. The van der Waals surface area contributed by atoms with E-state index in [0.717, 1.165) is 10.6 Å². The van der Waals surface area contributed by atoms with E-state index in [2.05, 4.69) is 10.3 Å². The minimum atomic E-state index is -0.174. The molecule has 1 aliphatic rings. The number of hydrogen-bond donors (Lipinski definition) is 1. The number of fused-ring (bicyclic) bond motifs is 1. The van der Waals surface area contributed by atoms with Crippen LogP contribution in [0.3, 0.4) is 0 Å². The lowest BCUT2D eigenvalue weighted by molar-refractivity contribution is 0.0953. The van der Waals surface area contributed by atoms with Gasteiger partial charge in [-0.3, -0.25) is 4.79 Å². The largest absolute Gasteiger partial charge is 0.486 e. The lowest BCUT2D eigenvalue weighted by Gasteiger charge is -2.21. The summed E-state index contributed by atoms with van der Waals surface area (Å²) in [5.74, 6) is 1.92. The minimum absolute atomic E-state index is 0.174. The molecular formula is C21H19ClN2O4S. The van der Waals surface area contributed by atoms with E-state index in [1.165, 1.54) is 11.3 Å². The van der Waals surface area contributed by atoms with Gasteiger partial charge in [-0.1, -0.05) is 23.7 Å². The van der Waals surface area contributed by atoms with Gasteiger partial charge in [-0.15, -0.1) is 11.3 Å². The Morgan fingerprint density at radius 1 is 1.21 bits per heavy atom. The van der Waals surface area contributed by atoms with Crippen LogP contribution in [0.5, 0.6) is 17.2 Å². The second kappa shape index (κ2) is 8.71. The van der Waals surface area contributed by atoms with Crippen molar-refractivity contribution in [2.24, 2.45) is 0 Å². The number of nitrogens with zero attached hydrogens (tertiary/aromatic N) is 1. The monoisotopic (exact) mass is 430 g/mol. The van der Waals surface area contributed by atoms with Crippen molar-refractivity contribution in [2.75, 3.05) is 13.2 Å². The zero-order valence-corrected chi connectivity index (χ0v) is 17.3. The number of benzene rings is 2. The maximum Gasteiger partial charge on any atom is 0.263 e. The van der Waals surface area contributed by atoms with E-state index in [-0.39, 0.29) is 12.5 Å². The molecular weight excluding hydrogens is 412 g/mol. The number of hydrogen-bond acceptors (Lipinski definition) is 6. The van der Waals surface area contributed by atoms with Crippen molar-refractivity contribution in [1.82, 2.24) is 10.3 Å². The molecule has 1 aromatic heterocycles. The predicted octanol–water partition coefficient (Wildman–Crippen LogP) is 4.39. The van der Waals surface area contributed by atoms with Crippen LogP contribution in [0.2, 0.25) is 5.02 Å². The van der Waals surface area contributed by atoms with Crippen molar-refractivity contribution in [3.63, 3.8) is 0 Å². The molecule has 29 heavy (non-hydrogen) atoms. The van der Waals surface area contributed by atoms with Crippen LogP contribution in [0.15, 0.2) is 42.5 Å². The molecule has 1 aliphatic heterocycles. The summed E-state index contributed by atoms with van der Waals surface area (Å²) >= 11 is 7.20. The van der Waals surface area contributed by atoms with Gasteiger partial charge in [0.2, 0.25) is 0 Å². The van der Waals surface area contributed by atoms with Crippen LogP contribution in [0, 0.1) is 6.92 Å². The number of para-hydroxylation sites is 1. The third-order valence-corrected chi connectivity index (χ3v) is 5.69. The Morgan fingerprint density at radius 3 is 2.83 bits per heavy atom. The molecule has 6 nitrogen and oxygen atoms in total. The number of carbonyl (C=O) groups is 1. The van der Waals surface area contributed by atoms with E-state index in [0.29, 0.717) is 52.6 Å². The zero-order chi connectivity index (χ0) is 20.2. The van der Waals surface area contributed by atoms with Crippen molar-refractivity contribution in [3.05, 3.63) is 68.6 Å². The summed E-state index contributed by atoms with van der Waals surface area (Å²) in [6, 6.07) is 12.8. The molecule has 2 aromatic carbocycles. The Labute approximate surface area is 177 Å². The quantitative estimate of drug-likeness (QED) is 0.628.